The van der Waals surface area contributed by atoms with E-state index in [2.05, 4.69) is 13.8 Å². The number of hydrogen-bond acceptors (Lipinski definition) is 6. The molecule has 35 heavy (non-hydrogen) atoms. The van der Waals surface area contributed by atoms with Gasteiger partial charge in [0.1, 0.15) is 0 Å². The molecule has 2 aliphatic rings. The third-order valence-corrected chi connectivity index (χ3v) is 8.25. The van der Waals surface area contributed by atoms with Crippen molar-refractivity contribution < 1.29 is 27.5 Å². The summed E-state index contributed by atoms with van der Waals surface area (Å²) in [4.78, 5) is 26.6. The maximum Gasteiger partial charge on any atom is 0.335 e. The van der Waals surface area contributed by atoms with Crippen molar-refractivity contribution >= 4 is 21.8 Å². The van der Waals surface area contributed by atoms with Gasteiger partial charge in [0.15, 0.2) is 9.84 Å². The molecule has 186 valence electrons. The minimum atomic E-state index is -3.78. The van der Waals surface area contributed by atoms with E-state index < -0.39 is 33.6 Å². The molecular weight excluding hydrogens is 464 g/mol. The second-order valence-electron chi connectivity index (χ2n) is 9.12. The average Bonchev–Trinajstić information content (AvgIpc) is 3.07. The van der Waals surface area contributed by atoms with Gasteiger partial charge in [-0.05, 0) is 59.8 Å². The molecule has 2 atom stereocenters. The van der Waals surface area contributed by atoms with Crippen LogP contribution in [0.3, 0.4) is 0 Å². The number of carbonyl (C=O) groups excluding carboxylic acids is 2. The summed E-state index contributed by atoms with van der Waals surface area (Å²) in [6.07, 6.45) is 7.70. The summed E-state index contributed by atoms with van der Waals surface area (Å²) in [5, 5.41) is 0. The van der Waals surface area contributed by atoms with Gasteiger partial charge in [0.2, 0.25) is 0 Å². The molecular formula is C28H32O6S. The lowest BCUT2D eigenvalue weighted by molar-refractivity contribution is -0.148. The summed E-state index contributed by atoms with van der Waals surface area (Å²) < 4.78 is 36.9. The fourth-order valence-corrected chi connectivity index (χ4v) is 6.15. The van der Waals surface area contributed by atoms with Crippen LogP contribution in [0.4, 0.5) is 0 Å². The molecule has 6 nitrogen and oxygen atoms in total. The molecule has 0 aliphatic heterocycles. The first kappa shape index (κ1) is 26.4. The van der Waals surface area contributed by atoms with Crippen molar-refractivity contribution in [1.29, 1.82) is 0 Å². The topological polar surface area (TPSA) is 86.7 Å². The predicted octanol–water partition coefficient (Wildman–Crippen LogP) is 4.76. The van der Waals surface area contributed by atoms with Gasteiger partial charge >= 0.3 is 11.9 Å². The molecule has 0 bridgehead atoms. The Bertz CT molecular complexity index is 1270. The molecule has 0 amide bonds. The first-order chi connectivity index (χ1) is 16.5. The second kappa shape index (κ2) is 10.6. The third kappa shape index (κ3) is 5.40. The van der Waals surface area contributed by atoms with Gasteiger partial charge in [-0.25, -0.2) is 13.2 Å². The van der Waals surface area contributed by atoms with Crippen LogP contribution in [0.5, 0.6) is 0 Å². The molecule has 0 fully saturated rings. The Labute approximate surface area is 207 Å². The zero-order chi connectivity index (χ0) is 25.9. The number of benzene rings is 1. The van der Waals surface area contributed by atoms with Gasteiger partial charge in [0.25, 0.3) is 0 Å². The standard InChI is InChI=1S/C28H32O6S/c1-17(2)20-13-12-18(3)24-23(15-20)19(4)14-21(16-35(31,32)22-10-8-7-9-11-22)25(27(29)33-5)26(24)28(30)34-6/h7-15,17,21,25H,16H2,1-6H3/t21-,25+/m1/s1. The molecule has 0 heterocycles. The normalized spacial score (nSPS) is 20.5. The number of fused-ring (bicyclic) bond motifs is 1. The van der Waals surface area contributed by atoms with Crippen molar-refractivity contribution in [1.82, 2.24) is 0 Å². The maximum atomic E-state index is 13.3. The summed E-state index contributed by atoms with van der Waals surface area (Å²) in [7, 11) is -1.30. The van der Waals surface area contributed by atoms with E-state index >= 15 is 0 Å². The Morgan fingerprint density at radius 3 is 2.20 bits per heavy atom. The van der Waals surface area contributed by atoms with Crippen LogP contribution in [0, 0.1) is 17.8 Å². The first-order valence-electron chi connectivity index (χ1n) is 11.5. The summed E-state index contributed by atoms with van der Waals surface area (Å²) in [6, 6.07) is 8.08. The fourth-order valence-electron chi connectivity index (χ4n) is 4.59. The van der Waals surface area contributed by atoms with Crippen LogP contribution in [0.25, 0.3) is 0 Å². The van der Waals surface area contributed by atoms with E-state index in [1.165, 1.54) is 26.4 Å². The first-order valence-corrected chi connectivity index (χ1v) is 13.1. The Balaban J connectivity index is 2.33. The number of rotatable bonds is 6. The Hall–Kier alpha value is -3.19. The SMILES string of the molecule is COC(=O)C1=C2C(C)=CC=C(C(C)C)C=C2C(C)=C[C@H](CS(=O)(=O)c2ccccc2)[C@@H]1C(=O)OC. The Morgan fingerprint density at radius 2 is 1.63 bits per heavy atom. The lowest BCUT2D eigenvalue weighted by Gasteiger charge is -2.25. The summed E-state index contributed by atoms with van der Waals surface area (Å²) in [5.74, 6) is -3.54. The van der Waals surface area contributed by atoms with Gasteiger partial charge in [0.05, 0.1) is 36.4 Å². The van der Waals surface area contributed by atoms with Crippen molar-refractivity contribution in [2.45, 2.75) is 32.6 Å². The number of ether oxygens (including phenoxy) is 2. The van der Waals surface area contributed by atoms with Gasteiger partial charge in [-0.2, -0.15) is 0 Å². The number of methoxy groups -OCH3 is 2. The van der Waals surface area contributed by atoms with Gasteiger partial charge in [-0.15, -0.1) is 0 Å². The van der Waals surface area contributed by atoms with Crippen LogP contribution < -0.4 is 0 Å². The lowest BCUT2D eigenvalue weighted by atomic mass is 9.82. The summed E-state index contributed by atoms with van der Waals surface area (Å²) in [6.45, 7) is 7.89. The minimum absolute atomic E-state index is 0.110. The smallest absolute Gasteiger partial charge is 0.335 e. The molecule has 1 aromatic carbocycles. The van der Waals surface area contributed by atoms with Gasteiger partial charge in [-0.3, -0.25) is 4.79 Å². The zero-order valence-corrected chi connectivity index (χ0v) is 21.8. The molecule has 3 rings (SSSR count). The van der Waals surface area contributed by atoms with Crippen molar-refractivity contribution in [3.8, 4) is 0 Å². The number of hydrogen-bond donors (Lipinski definition) is 0. The lowest BCUT2D eigenvalue weighted by Crippen LogP contribution is -2.34. The number of esters is 2. The number of sulfone groups is 1. The molecule has 0 aromatic heterocycles. The molecule has 7 heteroatoms. The number of allylic oxidation sites excluding steroid dienone is 9. The highest BCUT2D eigenvalue weighted by Crippen LogP contribution is 2.42. The molecule has 1 aromatic rings. The Morgan fingerprint density at radius 1 is 0.971 bits per heavy atom. The zero-order valence-electron chi connectivity index (χ0n) is 21.0. The van der Waals surface area contributed by atoms with Gasteiger partial charge in [0, 0.05) is 5.92 Å². The highest BCUT2D eigenvalue weighted by Gasteiger charge is 2.42. The van der Waals surface area contributed by atoms with Gasteiger partial charge < -0.3 is 9.47 Å². The van der Waals surface area contributed by atoms with Crippen LogP contribution in [-0.2, 0) is 28.9 Å². The van der Waals surface area contributed by atoms with Crippen LogP contribution in [-0.4, -0.2) is 40.3 Å². The van der Waals surface area contributed by atoms with Crippen LogP contribution >= 0.6 is 0 Å². The van der Waals surface area contributed by atoms with Gasteiger partial charge in [-0.1, -0.05) is 56.4 Å². The van der Waals surface area contributed by atoms with E-state index in [4.69, 9.17) is 9.47 Å². The summed E-state index contributed by atoms with van der Waals surface area (Å²) >= 11 is 0. The highest BCUT2D eigenvalue weighted by atomic mass is 32.2. The molecule has 0 saturated carbocycles. The fraction of sp³-hybridized carbons (Fsp3) is 0.357. The van der Waals surface area contributed by atoms with Crippen molar-refractivity contribution in [2.24, 2.45) is 17.8 Å². The van der Waals surface area contributed by atoms with E-state index in [0.29, 0.717) is 5.57 Å². The van der Waals surface area contributed by atoms with E-state index in [0.717, 1.165) is 22.3 Å². The van der Waals surface area contributed by atoms with Crippen LogP contribution in [0.1, 0.15) is 27.7 Å². The average molecular weight is 497 g/mol. The number of carbonyl (C=O) groups is 2. The van der Waals surface area contributed by atoms with Crippen molar-refractivity contribution in [2.75, 3.05) is 20.0 Å². The van der Waals surface area contributed by atoms with Crippen LogP contribution in [0.2, 0.25) is 0 Å². The monoisotopic (exact) mass is 496 g/mol. The van der Waals surface area contributed by atoms with E-state index in [1.807, 2.05) is 32.1 Å². The van der Waals surface area contributed by atoms with Crippen LogP contribution in [0.15, 0.2) is 93.0 Å². The largest absolute Gasteiger partial charge is 0.469 e. The van der Waals surface area contributed by atoms with E-state index in [1.54, 1.807) is 24.3 Å². The summed E-state index contributed by atoms with van der Waals surface area (Å²) in [5.41, 5.74) is 4.07. The Kier molecular flexibility index (Phi) is 8.00. The molecule has 0 radical (unpaired) electrons. The maximum absolute atomic E-state index is 13.3. The third-order valence-electron chi connectivity index (χ3n) is 6.44. The molecule has 0 saturated heterocycles. The van der Waals surface area contributed by atoms with Crippen molar-refractivity contribution in [3.05, 3.63) is 88.1 Å². The van der Waals surface area contributed by atoms with E-state index in [9.17, 15) is 18.0 Å². The highest BCUT2D eigenvalue weighted by molar-refractivity contribution is 7.91. The minimum Gasteiger partial charge on any atom is -0.469 e. The molecule has 2 aliphatic carbocycles. The quantitative estimate of drug-likeness (QED) is 0.528. The second-order valence-corrected chi connectivity index (χ2v) is 11.2. The van der Waals surface area contributed by atoms with Crippen molar-refractivity contribution in [3.63, 3.8) is 0 Å². The molecule has 0 N–H and O–H groups in total. The molecule has 0 spiro atoms. The molecule has 0 unspecified atom stereocenters. The van der Waals surface area contributed by atoms with E-state index in [-0.39, 0.29) is 22.1 Å². The predicted molar refractivity (Wildman–Crippen MR) is 135 cm³/mol.